The minimum Gasteiger partial charge on any atom is -0.399 e. The predicted molar refractivity (Wildman–Crippen MR) is 85.7 cm³/mol. The van der Waals surface area contributed by atoms with Crippen LogP contribution in [-0.2, 0) is 0 Å². The van der Waals surface area contributed by atoms with Gasteiger partial charge in [0.1, 0.15) is 0 Å². The summed E-state index contributed by atoms with van der Waals surface area (Å²) in [7, 11) is 0. The fourth-order valence-corrected chi connectivity index (χ4v) is 2.70. The maximum atomic E-state index is 5.80. The van der Waals surface area contributed by atoms with Crippen molar-refractivity contribution >= 4 is 0 Å². The van der Waals surface area contributed by atoms with Gasteiger partial charge in [-0.2, -0.15) is 0 Å². The lowest BCUT2D eigenvalue weighted by molar-refractivity contribution is 0.213. The van der Waals surface area contributed by atoms with Gasteiger partial charge in [-0.3, -0.25) is 0 Å². The van der Waals surface area contributed by atoms with E-state index < -0.39 is 0 Å². The number of hydrogen-bond donors (Lipinski definition) is 1. The molecule has 0 bridgehead atoms. The van der Waals surface area contributed by atoms with Gasteiger partial charge in [0.2, 0.25) is 0 Å². The molecule has 1 nitrogen and oxygen atoms in total. The van der Waals surface area contributed by atoms with E-state index in [1.165, 1.54) is 12.0 Å². The first-order valence-electron chi connectivity index (χ1n) is 7.35. The maximum absolute atomic E-state index is 5.80. The van der Waals surface area contributed by atoms with E-state index in [1.807, 2.05) is 6.08 Å². The number of hydrogen-bond acceptors (Lipinski definition) is 1. The largest absolute Gasteiger partial charge is 0.399 e. The lowest BCUT2D eigenvalue weighted by Crippen LogP contribution is -2.30. The van der Waals surface area contributed by atoms with Gasteiger partial charge >= 0.3 is 0 Å². The van der Waals surface area contributed by atoms with E-state index in [0.29, 0.717) is 11.8 Å². The molecule has 0 aromatic carbocycles. The minimum atomic E-state index is 0.172. The van der Waals surface area contributed by atoms with Crippen molar-refractivity contribution in [1.29, 1.82) is 0 Å². The number of allylic oxidation sites excluding steroid dienone is 4. The van der Waals surface area contributed by atoms with Crippen molar-refractivity contribution in [3.05, 3.63) is 36.1 Å². The molecule has 0 radical (unpaired) electrons. The van der Waals surface area contributed by atoms with Gasteiger partial charge in [0, 0.05) is 5.70 Å². The van der Waals surface area contributed by atoms with Crippen LogP contribution in [0.3, 0.4) is 0 Å². The summed E-state index contributed by atoms with van der Waals surface area (Å²) in [6.45, 7) is 18.2. The number of nitrogens with two attached hydrogens (primary N) is 1. The van der Waals surface area contributed by atoms with Crippen molar-refractivity contribution in [3.63, 3.8) is 0 Å². The molecular formula is C18H31N. The zero-order chi connectivity index (χ0) is 14.8. The predicted octanol–water partition coefficient (Wildman–Crippen LogP) is 5.06. The van der Waals surface area contributed by atoms with Crippen molar-refractivity contribution in [2.24, 2.45) is 28.4 Å². The third-order valence-electron chi connectivity index (χ3n) is 4.18. The maximum Gasteiger partial charge on any atom is 0.0270 e. The molecule has 2 N–H and O–H groups in total. The molecule has 0 spiro atoms. The zero-order valence-electron chi connectivity index (χ0n) is 13.6. The van der Waals surface area contributed by atoms with E-state index in [0.717, 1.165) is 12.1 Å². The Labute approximate surface area is 119 Å². The topological polar surface area (TPSA) is 26.0 Å². The van der Waals surface area contributed by atoms with Gasteiger partial charge in [0.15, 0.2) is 0 Å². The standard InChI is InChI=1S/C18H31N/c1-13(17(2,3)4)16(18(5,6)7)12-14-8-10-15(19)11-9-14/h8,10-11,14,16H,1,9,12,19H2,2-7H3. The van der Waals surface area contributed by atoms with Crippen LogP contribution in [0, 0.1) is 22.7 Å². The molecule has 19 heavy (non-hydrogen) atoms. The summed E-state index contributed by atoms with van der Waals surface area (Å²) in [6, 6.07) is 0. The summed E-state index contributed by atoms with van der Waals surface area (Å²) in [5, 5.41) is 0. The van der Waals surface area contributed by atoms with Crippen LogP contribution in [0.1, 0.15) is 54.4 Å². The molecule has 1 rings (SSSR count). The summed E-state index contributed by atoms with van der Waals surface area (Å²) < 4.78 is 0. The fraction of sp³-hybridized carbons (Fsp3) is 0.667. The van der Waals surface area contributed by atoms with Gasteiger partial charge in [-0.15, -0.1) is 0 Å². The highest BCUT2D eigenvalue weighted by molar-refractivity contribution is 5.21. The molecule has 1 heteroatoms. The summed E-state index contributed by atoms with van der Waals surface area (Å²) in [5.74, 6) is 1.13. The molecule has 0 aliphatic heterocycles. The Balaban J connectivity index is 2.84. The van der Waals surface area contributed by atoms with Crippen molar-refractivity contribution in [2.75, 3.05) is 0 Å². The molecule has 0 aromatic heterocycles. The molecule has 0 amide bonds. The second kappa shape index (κ2) is 5.56. The first kappa shape index (κ1) is 16.1. The minimum absolute atomic E-state index is 0.172. The molecule has 0 aromatic rings. The molecule has 2 atom stereocenters. The molecule has 1 aliphatic rings. The quantitative estimate of drug-likeness (QED) is 0.706. The second-order valence-corrected chi connectivity index (χ2v) is 7.99. The Hall–Kier alpha value is -0.980. The highest BCUT2D eigenvalue weighted by Crippen LogP contribution is 2.44. The van der Waals surface area contributed by atoms with E-state index in [-0.39, 0.29) is 10.8 Å². The molecule has 1 aliphatic carbocycles. The molecule has 108 valence electrons. The van der Waals surface area contributed by atoms with Crippen molar-refractivity contribution in [3.8, 4) is 0 Å². The summed E-state index contributed by atoms with van der Waals surface area (Å²) >= 11 is 0. The summed E-state index contributed by atoms with van der Waals surface area (Å²) in [6.07, 6.45) is 8.69. The third-order valence-corrected chi connectivity index (χ3v) is 4.18. The van der Waals surface area contributed by atoms with Crippen LogP contribution >= 0.6 is 0 Å². The highest BCUT2D eigenvalue weighted by atomic mass is 14.6. The van der Waals surface area contributed by atoms with E-state index in [1.54, 1.807) is 0 Å². The zero-order valence-corrected chi connectivity index (χ0v) is 13.6. The molecule has 0 heterocycles. The first-order valence-corrected chi connectivity index (χ1v) is 7.35. The van der Waals surface area contributed by atoms with E-state index in [2.05, 4.69) is 60.3 Å². The van der Waals surface area contributed by atoms with Crippen LogP contribution in [0.2, 0.25) is 0 Å². The monoisotopic (exact) mass is 261 g/mol. The van der Waals surface area contributed by atoms with Gasteiger partial charge in [-0.25, -0.2) is 0 Å². The smallest absolute Gasteiger partial charge is 0.0270 e. The third kappa shape index (κ3) is 4.56. The molecule has 0 saturated carbocycles. The van der Waals surface area contributed by atoms with Crippen LogP contribution < -0.4 is 5.73 Å². The van der Waals surface area contributed by atoms with Crippen LogP contribution in [0.5, 0.6) is 0 Å². The molecule has 0 saturated heterocycles. The lowest BCUT2D eigenvalue weighted by atomic mass is 9.65. The van der Waals surface area contributed by atoms with Gasteiger partial charge in [0.25, 0.3) is 0 Å². The Bertz CT molecular complexity index is 385. The van der Waals surface area contributed by atoms with Crippen LogP contribution in [0.15, 0.2) is 36.1 Å². The summed E-state index contributed by atoms with van der Waals surface area (Å²) in [4.78, 5) is 0. The Kier molecular flexibility index (Phi) is 4.71. The molecular weight excluding hydrogens is 230 g/mol. The van der Waals surface area contributed by atoms with Gasteiger partial charge in [-0.05, 0) is 41.6 Å². The number of rotatable bonds is 3. The average molecular weight is 261 g/mol. The Morgan fingerprint density at radius 1 is 1.32 bits per heavy atom. The van der Waals surface area contributed by atoms with E-state index >= 15 is 0 Å². The molecule has 0 fully saturated rings. The fourth-order valence-electron chi connectivity index (χ4n) is 2.70. The van der Waals surface area contributed by atoms with Crippen LogP contribution in [0.25, 0.3) is 0 Å². The Morgan fingerprint density at radius 3 is 2.26 bits per heavy atom. The van der Waals surface area contributed by atoms with Crippen molar-refractivity contribution in [2.45, 2.75) is 54.4 Å². The normalized spacial score (nSPS) is 22.0. The van der Waals surface area contributed by atoms with Gasteiger partial charge in [0.05, 0.1) is 0 Å². The van der Waals surface area contributed by atoms with Crippen molar-refractivity contribution < 1.29 is 0 Å². The van der Waals surface area contributed by atoms with Crippen LogP contribution in [-0.4, -0.2) is 0 Å². The van der Waals surface area contributed by atoms with Gasteiger partial charge in [-0.1, -0.05) is 65.8 Å². The Morgan fingerprint density at radius 2 is 1.89 bits per heavy atom. The highest BCUT2D eigenvalue weighted by Gasteiger charge is 2.33. The SMILES string of the molecule is C=C(C(CC1C=CC(N)=CC1)C(C)(C)C)C(C)(C)C. The second-order valence-electron chi connectivity index (χ2n) is 7.99. The van der Waals surface area contributed by atoms with Crippen LogP contribution in [0.4, 0.5) is 0 Å². The molecule has 2 unspecified atom stereocenters. The average Bonchev–Trinajstić information content (AvgIpc) is 2.24. The van der Waals surface area contributed by atoms with E-state index in [9.17, 15) is 0 Å². The van der Waals surface area contributed by atoms with E-state index in [4.69, 9.17) is 5.73 Å². The summed E-state index contributed by atoms with van der Waals surface area (Å²) in [5.41, 5.74) is 8.50. The first-order chi connectivity index (χ1) is 8.51. The van der Waals surface area contributed by atoms with Gasteiger partial charge < -0.3 is 5.73 Å². The van der Waals surface area contributed by atoms with Crippen molar-refractivity contribution in [1.82, 2.24) is 0 Å². The lowest BCUT2D eigenvalue weighted by Gasteiger charge is -2.40.